The highest BCUT2D eigenvalue weighted by Gasteiger charge is 2.57. The van der Waals surface area contributed by atoms with Gasteiger partial charge in [0.05, 0.1) is 12.7 Å². The maximum atomic E-state index is 13.1. The molecule has 2 amide bonds. The lowest BCUT2D eigenvalue weighted by Gasteiger charge is -2.55. The third-order valence-electron chi connectivity index (χ3n) is 7.25. The number of amides is 2. The van der Waals surface area contributed by atoms with Crippen LogP contribution < -0.4 is 14.8 Å². The highest BCUT2D eigenvalue weighted by Crippen LogP contribution is 2.53. The number of hydrogen-bond acceptors (Lipinski definition) is 4. The minimum atomic E-state index is -0.682. The van der Waals surface area contributed by atoms with Crippen molar-refractivity contribution in [2.45, 2.75) is 50.7 Å². The van der Waals surface area contributed by atoms with Crippen molar-refractivity contribution in [1.82, 2.24) is 10.2 Å². The van der Waals surface area contributed by atoms with Crippen molar-refractivity contribution < 1.29 is 19.1 Å². The second-order valence-corrected chi connectivity index (χ2v) is 8.77. The molecule has 4 unspecified atom stereocenters. The predicted octanol–water partition coefficient (Wildman–Crippen LogP) is 2.96. The van der Waals surface area contributed by atoms with Crippen molar-refractivity contribution in [3.63, 3.8) is 0 Å². The molecule has 1 saturated heterocycles. The van der Waals surface area contributed by atoms with Crippen molar-refractivity contribution in [1.29, 1.82) is 0 Å². The maximum absolute atomic E-state index is 13.1. The zero-order valence-electron chi connectivity index (χ0n) is 16.4. The van der Waals surface area contributed by atoms with Crippen LogP contribution in [-0.2, 0) is 4.79 Å². The largest absolute Gasteiger partial charge is 0.497 e. The molecule has 0 radical (unpaired) electrons. The molecule has 6 nitrogen and oxygen atoms in total. The monoisotopic (exact) mass is 384 g/mol. The quantitative estimate of drug-likeness (QED) is 0.851. The van der Waals surface area contributed by atoms with Gasteiger partial charge in [-0.2, -0.15) is 0 Å². The van der Waals surface area contributed by atoms with E-state index in [2.05, 4.69) is 10.2 Å². The van der Waals surface area contributed by atoms with Gasteiger partial charge in [0, 0.05) is 37.4 Å². The van der Waals surface area contributed by atoms with Crippen molar-refractivity contribution in [2.24, 2.45) is 17.8 Å². The van der Waals surface area contributed by atoms with E-state index in [-0.39, 0.29) is 23.7 Å². The molecular formula is C22H28N2O4. The molecule has 3 saturated carbocycles. The Balaban J connectivity index is 1.38. The molecule has 1 aromatic carbocycles. The molecular weight excluding hydrogens is 356 g/mol. The minimum absolute atomic E-state index is 0.0784. The molecule has 3 aliphatic carbocycles. The highest BCUT2D eigenvalue weighted by molar-refractivity contribution is 5.98. The van der Waals surface area contributed by atoms with Crippen LogP contribution in [0, 0.1) is 17.8 Å². The molecule has 150 valence electrons. The fourth-order valence-corrected chi connectivity index (χ4v) is 5.77. The molecule has 2 aliphatic heterocycles. The number of rotatable bonds is 2. The average molecular weight is 384 g/mol. The van der Waals surface area contributed by atoms with Crippen LogP contribution in [0.4, 0.5) is 0 Å². The van der Waals surface area contributed by atoms with Crippen LogP contribution in [0.25, 0.3) is 0 Å². The van der Waals surface area contributed by atoms with Gasteiger partial charge in [-0.05, 0) is 56.6 Å². The third-order valence-corrected chi connectivity index (χ3v) is 7.25. The van der Waals surface area contributed by atoms with Gasteiger partial charge in [0.15, 0.2) is 5.72 Å². The Morgan fingerprint density at radius 2 is 2.07 bits per heavy atom. The van der Waals surface area contributed by atoms with E-state index in [0.29, 0.717) is 29.4 Å². The number of piperidine rings is 1. The summed E-state index contributed by atoms with van der Waals surface area (Å²) >= 11 is 0. The molecule has 2 heterocycles. The molecule has 5 aliphatic rings. The van der Waals surface area contributed by atoms with Gasteiger partial charge in [-0.25, -0.2) is 0 Å². The van der Waals surface area contributed by atoms with Crippen molar-refractivity contribution in [3.8, 4) is 11.5 Å². The molecule has 0 aromatic heterocycles. The lowest BCUT2D eigenvalue weighted by Crippen LogP contribution is -2.67. The standard InChI is InChI=1S/C22H28N2O4/c1-27-16-7-8-17-19(12-16)28-22(23-20(17)25)13-14-5-6-15(22)11-18(14)21(26)24-9-3-2-4-10-24/h7-8,12,14-15,18H,2-6,9-11,13H2,1H3,(H,23,25). The first-order valence-electron chi connectivity index (χ1n) is 10.6. The summed E-state index contributed by atoms with van der Waals surface area (Å²) in [7, 11) is 1.61. The van der Waals surface area contributed by atoms with Gasteiger partial charge < -0.3 is 19.7 Å². The first-order chi connectivity index (χ1) is 13.6. The topological polar surface area (TPSA) is 67.9 Å². The zero-order valence-corrected chi connectivity index (χ0v) is 16.4. The molecule has 1 N–H and O–H groups in total. The van der Waals surface area contributed by atoms with Gasteiger partial charge in [-0.1, -0.05) is 0 Å². The Hall–Kier alpha value is -2.24. The molecule has 4 fully saturated rings. The smallest absolute Gasteiger partial charge is 0.258 e. The summed E-state index contributed by atoms with van der Waals surface area (Å²) < 4.78 is 11.8. The van der Waals surface area contributed by atoms with Gasteiger partial charge in [0.2, 0.25) is 5.91 Å². The SMILES string of the molecule is COc1ccc2c(c1)OC1(CC3CCC1CC3C(=O)N1CCCCC1)NC2=O. The summed E-state index contributed by atoms with van der Waals surface area (Å²) in [5.41, 5.74) is -0.133. The fourth-order valence-electron chi connectivity index (χ4n) is 5.77. The molecule has 6 rings (SSSR count). The summed E-state index contributed by atoms with van der Waals surface area (Å²) in [4.78, 5) is 28.0. The van der Waals surface area contributed by atoms with Crippen LogP contribution in [0.5, 0.6) is 11.5 Å². The molecule has 28 heavy (non-hydrogen) atoms. The molecule has 2 bridgehead atoms. The van der Waals surface area contributed by atoms with E-state index in [0.717, 1.165) is 45.2 Å². The number of nitrogens with zero attached hydrogens (tertiary/aromatic N) is 1. The number of hydrogen-bond donors (Lipinski definition) is 1. The number of ether oxygens (including phenoxy) is 2. The zero-order chi connectivity index (χ0) is 19.3. The van der Waals surface area contributed by atoms with Crippen LogP contribution >= 0.6 is 0 Å². The molecule has 1 aromatic rings. The molecule has 1 spiro atoms. The Bertz CT molecular complexity index is 804. The van der Waals surface area contributed by atoms with E-state index in [1.807, 2.05) is 0 Å². The van der Waals surface area contributed by atoms with Crippen LogP contribution in [0.1, 0.15) is 55.3 Å². The van der Waals surface area contributed by atoms with E-state index < -0.39 is 5.72 Å². The number of nitrogens with one attached hydrogen (secondary N) is 1. The van der Waals surface area contributed by atoms with Gasteiger partial charge >= 0.3 is 0 Å². The Kier molecular flexibility index (Phi) is 4.25. The summed E-state index contributed by atoms with van der Waals surface area (Å²) in [5.74, 6) is 2.03. The lowest BCUT2D eigenvalue weighted by molar-refractivity contribution is -0.156. The second kappa shape index (κ2) is 6.68. The van der Waals surface area contributed by atoms with Gasteiger partial charge in [0.25, 0.3) is 5.91 Å². The van der Waals surface area contributed by atoms with Crippen LogP contribution in [0.15, 0.2) is 18.2 Å². The number of carbonyl (C=O) groups excluding carboxylic acids is 2. The minimum Gasteiger partial charge on any atom is -0.497 e. The highest BCUT2D eigenvalue weighted by atomic mass is 16.5. The Morgan fingerprint density at radius 3 is 2.79 bits per heavy atom. The van der Waals surface area contributed by atoms with E-state index in [4.69, 9.17) is 9.47 Å². The molecule has 4 atom stereocenters. The van der Waals surface area contributed by atoms with Gasteiger partial charge in [-0.3, -0.25) is 9.59 Å². The van der Waals surface area contributed by atoms with Crippen LogP contribution in [-0.4, -0.2) is 42.6 Å². The van der Waals surface area contributed by atoms with Crippen molar-refractivity contribution in [2.75, 3.05) is 20.2 Å². The normalized spacial score (nSPS) is 33.8. The number of fused-ring (bicyclic) bond motifs is 3. The number of carbonyl (C=O) groups is 2. The first-order valence-corrected chi connectivity index (χ1v) is 10.6. The van der Waals surface area contributed by atoms with Gasteiger partial charge in [0.1, 0.15) is 11.5 Å². The van der Waals surface area contributed by atoms with Crippen molar-refractivity contribution >= 4 is 11.8 Å². The lowest BCUT2D eigenvalue weighted by atomic mass is 9.59. The third kappa shape index (κ3) is 2.76. The van der Waals surface area contributed by atoms with E-state index in [9.17, 15) is 9.59 Å². The Labute approximate surface area is 165 Å². The maximum Gasteiger partial charge on any atom is 0.258 e. The summed E-state index contributed by atoms with van der Waals surface area (Å²) in [6, 6.07) is 5.33. The summed E-state index contributed by atoms with van der Waals surface area (Å²) in [6.45, 7) is 1.80. The van der Waals surface area contributed by atoms with E-state index >= 15 is 0 Å². The fraction of sp³-hybridized carbons (Fsp3) is 0.636. The average Bonchev–Trinajstić information content (AvgIpc) is 2.73. The second-order valence-electron chi connectivity index (χ2n) is 8.77. The summed E-state index contributed by atoms with van der Waals surface area (Å²) in [5, 5.41) is 3.17. The van der Waals surface area contributed by atoms with Gasteiger partial charge in [-0.15, -0.1) is 0 Å². The predicted molar refractivity (Wildman–Crippen MR) is 103 cm³/mol. The van der Waals surface area contributed by atoms with Crippen LogP contribution in [0.3, 0.4) is 0 Å². The summed E-state index contributed by atoms with van der Waals surface area (Å²) in [6.07, 6.45) is 7.02. The molecule has 6 heteroatoms. The van der Waals surface area contributed by atoms with E-state index in [1.165, 1.54) is 6.42 Å². The Morgan fingerprint density at radius 1 is 1.25 bits per heavy atom. The van der Waals surface area contributed by atoms with Crippen molar-refractivity contribution in [3.05, 3.63) is 23.8 Å². The first kappa shape index (κ1) is 17.8. The number of methoxy groups -OCH3 is 1. The van der Waals surface area contributed by atoms with Crippen LogP contribution in [0.2, 0.25) is 0 Å². The number of benzene rings is 1. The number of likely N-dealkylation sites (tertiary alicyclic amines) is 1. The van der Waals surface area contributed by atoms with E-state index in [1.54, 1.807) is 25.3 Å².